The molecule has 0 amide bonds. The van der Waals surface area contributed by atoms with Crippen molar-refractivity contribution < 1.29 is 13.3 Å². The van der Waals surface area contributed by atoms with Crippen LogP contribution in [0.4, 0.5) is 5.69 Å². The van der Waals surface area contributed by atoms with Crippen molar-refractivity contribution in [3.8, 4) is 0 Å². The number of hydrogen-bond donors (Lipinski definition) is 2. The molecule has 0 aliphatic rings. The molecule has 0 saturated carbocycles. The molecule has 0 aliphatic carbocycles. The van der Waals surface area contributed by atoms with Gasteiger partial charge in [0.15, 0.2) is 0 Å². The fourth-order valence-corrected chi connectivity index (χ4v) is 5.01. The summed E-state index contributed by atoms with van der Waals surface area (Å²) in [5.74, 6) is 0. The average Bonchev–Trinajstić information content (AvgIpc) is 2.53. The molecule has 0 aromatic heterocycles. The molecule has 0 aliphatic heterocycles. The summed E-state index contributed by atoms with van der Waals surface area (Å²) in [6, 6.07) is 12.1. The number of nitrogens with zero attached hydrogens (tertiary/aromatic N) is 1. The third kappa shape index (κ3) is 5.09. The second-order valence-electron chi connectivity index (χ2n) is 7.70. The van der Waals surface area contributed by atoms with Crippen LogP contribution >= 0.6 is 0 Å². The molecule has 0 fully saturated rings. The highest BCUT2D eigenvalue weighted by Gasteiger charge is 2.24. The molecule has 1 atom stereocenters. The zero-order valence-electron chi connectivity index (χ0n) is 17.4. The van der Waals surface area contributed by atoms with Gasteiger partial charge in [0, 0.05) is 25.3 Å². The first-order valence-corrected chi connectivity index (χ1v) is 10.7. The fourth-order valence-electron chi connectivity index (χ4n) is 3.52. The predicted molar refractivity (Wildman–Crippen MR) is 112 cm³/mol. The number of benzene rings is 2. The van der Waals surface area contributed by atoms with Crippen molar-refractivity contribution in [1.82, 2.24) is 4.72 Å². The van der Waals surface area contributed by atoms with Gasteiger partial charge in [-0.1, -0.05) is 29.8 Å². The van der Waals surface area contributed by atoms with E-state index in [1.54, 1.807) is 0 Å². The zero-order chi connectivity index (χ0) is 20.4. The van der Waals surface area contributed by atoms with E-state index in [-0.39, 0.29) is 6.04 Å². The molecule has 27 heavy (non-hydrogen) atoms. The normalized spacial score (nSPS) is 13.0. The van der Waals surface area contributed by atoms with Gasteiger partial charge in [0.25, 0.3) is 0 Å². The van der Waals surface area contributed by atoms with Gasteiger partial charge in [-0.15, -0.1) is 0 Å². The lowest BCUT2D eigenvalue weighted by atomic mass is 10.1. The summed E-state index contributed by atoms with van der Waals surface area (Å²) in [5, 5.41) is 0. The fraction of sp³-hybridized carbons (Fsp3) is 0.429. The second-order valence-corrected chi connectivity index (χ2v) is 9.40. The molecular formula is C21H32N3O2S+. The molecule has 5 nitrogen and oxygen atoms in total. The molecule has 0 heterocycles. The first kappa shape index (κ1) is 21.4. The molecule has 2 aromatic carbocycles. The van der Waals surface area contributed by atoms with Gasteiger partial charge in [0.2, 0.25) is 10.0 Å². The number of nitrogens with one attached hydrogen (secondary N) is 2. The maximum Gasteiger partial charge on any atom is 0.241 e. The van der Waals surface area contributed by atoms with Crippen LogP contribution in [0.25, 0.3) is 0 Å². The van der Waals surface area contributed by atoms with Crippen LogP contribution in [0.15, 0.2) is 41.3 Å². The van der Waals surface area contributed by atoms with E-state index in [1.807, 2.05) is 66.0 Å². The van der Waals surface area contributed by atoms with Gasteiger partial charge in [0.1, 0.15) is 6.04 Å². The van der Waals surface area contributed by atoms with Crippen molar-refractivity contribution in [1.29, 1.82) is 0 Å². The van der Waals surface area contributed by atoms with Gasteiger partial charge >= 0.3 is 0 Å². The molecule has 2 rings (SSSR count). The summed E-state index contributed by atoms with van der Waals surface area (Å²) in [7, 11) is 4.53. The molecule has 0 radical (unpaired) electrons. The van der Waals surface area contributed by atoms with E-state index in [4.69, 9.17) is 0 Å². The third-order valence-corrected chi connectivity index (χ3v) is 6.59. The molecule has 0 spiro atoms. The van der Waals surface area contributed by atoms with Crippen molar-refractivity contribution in [2.45, 2.75) is 31.7 Å². The van der Waals surface area contributed by atoms with Gasteiger partial charge in [-0.2, -0.15) is 0 Å². The molecule has 0 bridgehead atoms. The van der Waals surface area contributed by atoms with Crippen LogP contribution in [0.3, 0.4) is 0 Å². The molecule has 0 unspecified atom stereocenters. The number of quaternary nitrogens is 1. The highest BCUT2D eigenvalue weighted by molar-refractivity contribution is 7.89. The van der Waals surface area contributed by atoms with Crippen LogP contribution in [0.2, 0.25) is 0 Å². The van der Waals surface area contributed by atoms with Gasteiger partial charge in [-0.25, -0.2) is 13.1 Å². The Morgan fingerprint density at radius 1 is 1.00 bits per heavy atom. The molecule has 6 heteroatoms. The Morgan fingerprint density at radius 3 is 1.96 bits per heavy atom. The number of sulfonamides is 1. The monoisotopic (exact) mass is 390 g/mol. The Hall–Kier alpha value is -1.89. The van der Waals surface area contributed by atoms with Crippen molar-refractivity contribution >= 4 is 15.7 Å². The molecule has 148 valence electrons. The van der Waals surface area contributed by atoms with Gasteiger partial charge in [-0.3, -0.25) is 0 Å². The van der Waals surface area contributed by atoms with Crippen LogP contribution in [0.5, 0.6) is 0 Å². The van der Waals surface area contributed by atoms with Crippen molar-refractivity contribution in [3.63, 3.8) is 0 Å². The van der Waals surface area contributed by atoms with Crippen LogP contribution in [0.1, 0.15) is 28.3 Å². The van der Waals surface area contributed by atoms with Crippen LogP contribution in [-0.2, 0) is 10.0 Å². The third-order valence-electron chi connectivity index (χ3n) is 4.86. The SMILES string of the molecule is Cc1cc(C)c(S(=O)(=O)NC[C@H](c2ccc(N(C)C)cc2)[NH+](C)C)c(C)c1. The maximum atomic E-state index is 13.0. The minimum absolute atomic E-state index is 0.0297. The molecule has 2 N–H and O–H groups in total. The Labute approximate surface area is 164 Å². The first-order valence-electron chi connectivity index (χ1n) is 9.17. The number of aryl methyl sites for hydroxylation is 3. The minimum atomic E-state index is -3.57. The second kappa shape index (κ2) is 8.42. The smallest absolute Gasteiger partial charge is 0.241 e. The number of likely N-dealkylation sites (N-methyl/N-ethyl adjacent to an activating group) is 1. The summed E-state index contributed by atoms with van der Waals surface area (Å²) in [5.41, 5.74) is 4.87. The van der Waals surface area contributed by atoms with E-state index in [1.165, 1.54) is 4.90 Å². The Bertz CT molecular complexity index is 865. The minimum Gasteiger partial charge on any atom is -0.378 e. The molecule has 0 saturated heterocycles. The van der Waals surface area contributed by atoms with E-state index >= 15 is 0 Å². The summed E-state index contributed by atoms with van der Waals surface area (Å²) in [6.07, 6.45) is 0. The summed E-state index contributed by atoms with van der Waals surface area (Å²) >= 11 is 0. The van der Waals surface area contributed by atoms with Crippen molar-refractivity contribution in [3.05, 3.63) is 58.7 Å². The van der Waals surface area contributed by atoms with Gasteiger partial charge in [0.05, 0.1) is 25.5 Å². The zero-order valence-corrected chi connectivity index (χ0v) is 18.2. The maximum absolute atomic E-state index is 13.0. The van der Waals surface area contributed by atoms with E-state index in [0.29, 0.717) is 11.4 Å². The Morgan fingerprint density at radius 2 is 1.52 bits per heavy atom. The van der Waals surface area contributed by atoms with Crippen LogP contribution < -0.4 is 14.5 Å². The summed E-state index contributed by atoms with van der Waals surface area (Å²) < 4.78 is 28.8. The lowest BCUT2D eigenvalue weighted by Gasteiger charge is -2.23. The number of rotatable bonds is 7. The molecule has 2 aromatic rings. The van der Waals surface area contributed by atoms with E-state index < -0.39 is 10.0 Å². The highest BCUT2D eigenvalue weighted by Crippen LogP contribution is 2.22. The molecular weight excluding hydrogens is 358 g/mol. The lowest BCUT2D eigenvalue weighted by Crippen LogP contribution is -3.07. The standard InChI is InChI=1S/C21H31N3O2S/c1-15-12-16(2)21(17(3)13-15)27(25,26)22-14-20(24(6)7)18-8-10-19(11-9-18)23(4)5/h8-13,20,22H,14H2,1-7H3/p+1/t20-/m1/s1. The van der Waals surface area contributed by atoms with E-state index in [0.717, 1.165) is 27.9 Å². The topological polar surface area (TPSA) is 53.9 Å². The predicted octanol–water partition coefficient (Wildman–Crippen LogP) is 1.84. The van der Waals surface area contributed by atoms with Crippen molar-refractivity contribution in [2.75, 3.05) is 39.6 Å². The largest absolute Gasteiger partial charge is 0.378 e. The van der Waals surface area contributed by atoms with Crippen molar-refractivity contribution in [2.24, 2.45) is 0 Å². The first-order chi connectivity index (χ1) is 12.5. The summed E-state index contributed by atoms with van der Waals surface area (Å²) in [4.78, 5) is 3.61. The van der Waals surface area contributed by atoms with Crippen LogP contribution in [-0.4, -0.2) is 43.2 Å². The number of anilines is 1. The summed E-state index contributed by atoms with van der Waals surface area (Å²) in [6.45, 7) is 6.03. The van der Waals surface area contributed by atoms with E-state index in [9.17, 15) is 8.42 Å². The average molecular weight is 391 g/mol. The Balaban J connectivity index is 2.25. The number of hydrogen-bond acceptors (Lipinski definition) is 3. The quantitative estimate of drug-likeness (QED) is 0.759. The lowest BCUT2D eigenvalue weighted by molar-refractivity contribution is -0.890. The van der Waals surface area contributed by atoms with Crippen LogP contribution in [0, 0.1) is 20.8 Å². The Kier molecular flexibility index (Phi) is 6.68. The highest BCUT2D eigenvalue weighted by atomic mass is 32.2. The van der Waals surface area contributed by atoms with Gasteiger partial charge in [-0.05, 0) is 44.0 Å². The van der Waals surface area contributed by atoms with E-state index in [2.05, 4.69) is 29.0 Å². The van der Waals surface area contributed by atoms with Gasteiger partial charge < -0.3 is 9.80 Å².